The minimum atomic E-state index is -1.49. The Morgan fingerprint density at radius 3 is 2.61 bits per heavy atom. The second-order valence-corrected chi connectivity index (χ2v) is 7.57. The molecule has 1 N–H and O–H groups in total. The summed E-state index contributed by atoms with van der Waals surface area (Å²) in [4.78, 5) is 35.8. The van der Waals surface area contributed by atoms with Crippen LogP contribution in [0.1, 0.15) is 16.8 Å². The summed E-state index contributed by atoms with van der Waals surface area (Å²) in [6.45, 7) is 0. The van der Waals surface area contributed by atoms with Crippen LogP contribution in [-0.4, -0.2) is 36.7 Å². The van der Waals surface area contributed by atoms with Gasteiger partial charge in [0.05, 0.1) is 6.20 Å². The summed E-state index contributed by atoms with van der Waals surface area (Å²) in [5, 5.41) is 8.76. The zero-order valence-corrected chi connectivity index (χ0v) is 18.5. The molecule has 0 radical (unpaired) electrons. The summed E-state index contributed by atoms with van der Waals surface area (Å²) in [7, 11) is 0. The number of carboxylic acid groups (broad SMARTS) is 1. The lowest BCUT2D eigenvalue weighted by Gasteiger charge is -2.07. The molecular formula is C25H17FN4O6. The van der Waals surface area contributed by atoms with Crippen molar-refractivity contribution in [1.82, 2.24) is 19.5 Å². The third-order valence-corrected chi connectivity index (χ3v) is 5.17. The Kier molecular flexibility index (Phi) is 6.10. The van der Waals surface area contributed by atoms with Gasteiger partial charge >= 0.3 is 12.2 Å². The smallest absolute Gasteiger partial charge is 0.449 e. The number of halogens is 1. The normalized spacial score (nSPS) is 10.9. The van der Waals surface area contributed by atoms with Crippen LogP contribution in [0.15, 0.2) is 77.5 Å². The molecule has 36 heavy (non-hydrogen) atoms. The van der Waals surface area contributed by atoms with E-state index < -0.39 is 12.0 Å². The van der Waals surface area contributed by atoms with E-state index in [9.17, 15) is 14.0 Å². The average Bonchev–Trinajstić information content (AvgIpc) is 3.50. The number of ether oxygens (including phenoxy) is 2. The number of hydrogen-bond donors (Lipinski definition) is 1. The topological polar surface area (TPSA) is 130 Å². The van der Waals surface area contributed by atoms with Crippen molar-refractivity contribution in [1.29, 1.82) is 0 Å². The van der Waals surface area contributed by atoms with Gasteiger partial charge in [-0.2, -0.15) is 4.98 Å². The molecule has 180 valence electrons. The number of carbonyl (C=O) groups excluding carboxylic acids is 1. The van der Waals surface area contributed by atoms with E-state index in [1.807, 2.05) is 12.1 Å². The molecule has 0 saturated carbocycles. The third kappa shape index (κ3) is 4.89. The summed E-state index contributed by atoms with van der Waals surface area (Å²) in [5.74, 6) is -0.583. The van der Waals surface area contributed by atoms with Crippen molar-refractivity contribution in [3.63, 3.8) is 0 Å². The highest BCUT2D eigenvalue weighted by Gasteiger charge is 2.15. The van der Waals surface area contributed by atoms with Gasteiger partial charge in [0.25, 0.3) is 5.71 Å². The molecule has 2 aromatic carbocycles. The number of rotatable bonds is 7. The maximum Gasteiger partial charge on any atom is 0.512 e. The van der Waals surface area contributed by atoms with E-state index in [0.717, 1.165) is 10.1 Å². The maximum absolute atomic E-state index is 13.8. The largest absolute Gasteiger partial charge is 0.512 e. The van der Waals surface area contributed by atoms with Gasteiger partial charge in [-0.25, -0.2) is 19.2 Å². The van der Waals surface area contributed by atoms with Crippen molar-refractivity contribution >= 4 is 23.3 Å². The van der Waals surface area contributed by atoms with Crippen molar-refractivity contribution in [3.8, 4) is 29.1 Å². The van der Waals surface area contributed by atoms with Gasteiger partial charge < -0.3 is 19.0 Å². The highest BCUT2D eigenvalue weighted by molar-refractivity contribution is 5.81. The van der Waals surface area contributed by atoms with Crippen LogP contribution in [0.3, 0.4) is 0 Å². The van der Waals surface area contributed by atoms with Crippen molar-refractivity contribution in [3.05, 3.63) is 84.4 Å². The van der Waals surface area contributed by atoms with E-state index in [0.29, 0.717) is 23.4 Å². The monoisotopic (exact) mass is 488 g/mol. The van der Waals surface area contributed by atoms with Crippen LogP contribution in [0, 0.1) is 5.82 Å². The highest BCUT2D eigenvalue weighted by Crippen LogP contribution is 2.26. The van der Waals surface area contributed by atoms with Crippen molar-refractivity contribution in [2.45, 2.75) is 12.8 Å². The van der Waals surface area contributed by atoms with Crippen LogP contribution < -0.4 is 9.47 Å². The van der Waals surface area contributed by atoms with Gasteiger partial charge in [-0.3, -0.25) is 9.36 Å². The molecule has 3 aromatic heterocycles. The summed E-state index contributed by atoms with van der Waals surface area (Å²) >= 11 is 0. The van der Waals surface area contributed by atoms with Gasteiger partial charge in [0.15, 0.2) is 11.6 Å². The molecule has 0 unspecified atom stereocenters. The van der Waals surface area contributed by atoms with Crippen LogP contribution >= 0.6 is 0 Å². The molecule has 0 saturated heterocycles. The summed E-state index contributed by atoms with van der Waals surface area (Å²) in [5.41, 5.74) is 2.16. The van der Waals surface area contributed by atoms with E-state index in [4.69, 9.17) is 14.3 Å². The Morgan fingerprint density at radius 1 is 1.03 bits per heavy atom. The molecule has 5 rings (SSSR count). The lowest BCUT2D eigenvalue weighted by Crippen LogP contribution is -2.14. The summed E-state index contributed by atoms with van der Waals surface area (Å²) in [6.07, 6.45) is 1.96. The molecule has 0 amide bonds. The first kappa shape index (κ1) is 22.7. The van der Waals surface area contributed by atoms with Crippen LogP contribution in [-0.2, 0) is 6.42 Å². The fourth-order valence-corrected chi connectivity index (χ4v) is 3.45. The number of aryl methyl sites for hydroxylation is 1. The van der Waals surface area contributed by atoms with Crippen molar-refractivity contribution < 1.29 is 33.0 Å². The van der Waals surface area contributed by atoms with Gasteiger partial charge in [0.2, 0.25) is 17.7 Å². The standard InChI is InChI=1S/C25H17FN4O6/c26-17-4-1-2-5-19(17)34-24-27-14-18-23(29-24)36-22(28-18)16-10-7-15(8-11-16)9-12-20(31)30-13-3-6-21(30)35-25(32)33/h1-8,10-11,13-14H,9,12H2,(H,32,33). The quantitative estimate of drug-likeness (QED) is 0.301. The van der Waals surface area contributed by atoms with E-state index in [2.05, 4.69) is 19.7 Å². The Morgan fingerprint density at radius 2 is 1.83 bits per heavy atom. The molecule has 3 heterocycles. The molecule has 0 spiro atoms. The first-order chi connectivity index (χ1) is 17.5. The lowest BCUT2D eigenvalue weighted by atomic mass is 10.1. The van der Waals surface area contributed by atoms with Gasteiger partial charge in [-0.15, -0.1) is 0 Å². The zero-order valence-electron chi connectivity index (χ0n) is 18.5. The fourth-order valence-electron chi connectivity index (χ4n) is 3.45. The molecule has 0 fully saturated rings. The van der Waals surface area contributed by atoms with E-state index in [1.54, 1.807) is 24.3 Å². The lowest BCUT2D eigenvalue weighted by molar-refractivity contribution is 0.0888. The van der Waals surface area contributed by atoms with E-state index in [-0.39, 0.29) is 35.7 Å². The first-order valence-corrected chi connectivity index (χ1v) is 10.7. The van der Waals surface area contributed by atoms with Crippen LogP contribution in [0.4, 0.5) is 9.18 Å². The van der Waals surface area contributed by atoms with E-state index >= 15 is 0 Å². The fraction of sp³-hybridized carbons (Fsp3) is 0.0800. The number of para-hydroxylation sites is 1. The first-order valence-electron chi connectivity index (χ1n) is 10.7. The maximum atomic E-state index is 13.8. The predicted molar refractivity (Wildman–Crippen MR) is 124 cm³/mol. The molecule has 0 bridgehead atoms. The Balaban J connectivity index is 1.26. The Hall–Kier alpha value is -5.06. The van der Waals surface area contributed by atoms with Crippen molar-refractivity contribution in [2.75, 3.05) is 0 Å². The Bertz CT molecular complexity index is 1560. The minimum absolute atomic E-state index is 0.00642. The summed E-state index contributed by atoms with van der Waals surface area (Å²) in [6, 6.07) is 16.0. The van der Waals surface area contributed by atoms with Crippen LogP contribution in [0.25, 0.3) is 22.7 Å². The second-order valence-electron chi connectivity index (χ2n) is 7.57. The highest BCUT2D eigenvalue weighted by atomic mass is 19.1. The van der Waals surface area contributed by atoms with Gasteiger partial charge in [0.1, 0.15) is 5.52 Å². The number of oxazole rings is 1. The molecule has 0 atom stereocenters. The molecule has 11 heteroatoms. The molecule has 0 aliphatic rings. The van der Waals surface area contributed by atoms with Crippen molar-refractivity contribution in [2.24, 2.45) is 0 Å². The molecule has 10 nitrogen and oxygen atoms in total. The molecule has 5 aromatic rings. The average molecular weight is 488 g/mol. The number of nitrogens with zero attached hydrogens (tertiary/aromatic N) is 4. The number of carbonyl (C=O) groups is 2. The number of hydrogen-bond acceptors (Lipinski definition) is 8. The zero-order chi connectivity index (χ0) is 25.1. The van der Waals surface area contributed by atoms with Gasteiger partial charge in [0, 0.05) is 24.2 Å². The summed E-state index contributed by atoms with van der Waals surface area (Å²) < 4.78 is 30.7. The van der Waals surface area contributed by atoms with Gasteiger partial charge in [-0.1, -0.05) is 24.3 Å². The van der Waals surface area contributed by atoms with Crippen LogP contribution in [0.5, 0.6) is 17.6 Å². The predicted octanol–water partition coefficient (Wildman–Crippen LogP) is 5.35. The molecule has 0 aliphatic heterocycles. The third-order valence-electron chi connectivity index (χ3n) is 5.17. The molecular weight excluding hydrogens is 471 g/mol. The number of aromatic nitrogens is 4. The van der Waals surface area contributed by atoms with E-state index in [1.165, 1.54) is 36.7 Å². The Labute approximate surface area is 202 Å². The second kappa shape index (κ2) is 9.66. The number of benzene rings is 2. The molecule has 0 aliphatic carbocycles. The number of fused-ring (bicyclic) bond motifs is 1. The van der Waals surface area contributed by atoms with Crippen LogP contribution in [0.2, 0.25) is 0 Å². The minimum Gasteiger partial charge on any atom is -0.449 e. The van der Waals surface area contributed by atoms with Gasteiger partial charge in [-0.05, 0) is 42.3 Å². The SMILES string of the molecule is O=C(O)Oc1cccn1C(=O)CCc1ccc(-c2nc3cnc(Oc4ccccc4F)nc3o2)cc1.